The molecule has 1 atom stereocenters. The minimum absolute atomic E-state index is 0.140. The summed E-state index contributed by atoms with van der Waals surface area (Å²) in [6.45, 7) is 1.63. The molecule has 128 valence electrons. The fourth-order valence-electron chi connectivity index (χ4n) is 2.18. The second kappa shape index (κ2) is 7.83. The van der Waals surface area contributed by atoms with Crippen LogP contribution in [0.3, 0.4) is 0 Å². The van der Waals surface area contributed by atoms with E-state index >= 15 is 0 Å². The molecule has 24 heavy (non-hydrogen) atoms. The summed E-state index contributed by atoms with van der Waals surface area (Å²) in [6, 6.07) is 7.84. The van der Waals surface area contributed by atoms with Crippen molar-refractivity contribution in [2.24, 2.45) is 0 Å². The minimum atomic E-state index is -1.51. The average Bonchev–Trinajstić information content (AvgIpc) is 2.57. The smallest absolute Gasteiger partial charge is 0.251 e. The summed E-state index contributed by atoms with van der Waals surface area (Å²) in [5.41, 5.74) is 1.17. The second-order valence-electron chi connectivity index (χ2n) is 5.22. The van der Waals surface area contributed by atoms with Crippen LogP contribution in [0.1, 0.15) is 28.9 Å². The normalized spacial score (nSPS) is 11.9. The molecule has 0 radical (unpaired) electrons. The Labute approximate surface area is 137 Å². The molecule has 0 aromatic heterocycles. The van der Waals surface area contributed by atoms with E-state index in [1.54, 1.807) is 31.2 Å². The molecule has 0 spiro atoms. The highest BCUT2D eigenvalue weighted by Crippen LogP contribution is 2.23. The molecule has 7 heteroatoms. The van der Waals surface area contributed by atoms with Gasteiger partial charge < -0.3 is 15.7 Å². The van der Waals surface area contributed by atoms with Gasteiger partial charge in [-0.05, 0) is 42.8 Å². The highest BCUT2D eigenvalue weighted by molar-refractivity contribution is 5.95. The molecule has 0 fully saturated rings. The maximum Gasteiger partial charge on any atom is 0.251 e. The summed E-state index contributed by atoms with van der Waals surface area (Å²) in [5.74, 6) is -4.36. The van der Waals surface area contributed by atoms with Crippen LogP contribution < -0.4 is 10.6 Å². The Morgan fingerprint density at radius 2 is 1.83 bits per heavy atom. The van der Waals surface area contributed by atoms with Crippen LogP contribution in [0.2, 0.25) is 0 Å². The van der Waals surface area contributed by atoms with Gasteiger partial charge in [0.2, 0.25) is 0 Å². The van der Waals surface area contributed by atoms with Gasteiger partial charge in [-0.25, -0.2) is 13.2 Å². The lowest BCUT2D eigenvalue weighted by atomic mass is 10.1. The molecule has 4 nitrogen and oxygen atoms in total. The first-order valence-corrected chi connectivity index (χ1v) is 7.32. The van der Waals surface area contributed by atoms with E-state index in [9.17, 15) is 18.0 Å². The van der Waals surface area contributed by atoms with Crippen LogP contribution >= 0.6 is 0 Å². The van der Waals surface area contributed by atoms with Gasteiger partial charge in [0.1, 0.15) is 0 Å². The van der Waals surface area contributed by atoms with E-state index in [4.69, 9.17) is 5.11 Å². The second-order valence-corrected chi connectivity index (χ2v) is 5.22. The van der Waals surface area contributed by atoms with E-state index in [1.807, 2.05) is 0 Å². The van der Waals surface area contributed by atoms with Crippen LogP contribution in [-0.4, -0.2) is 24.2 Å². The number of rotatable bonds is 6. The van der Waals surface area contributed by atoms with Gasteiger partial charge in [-0.3, -0.25) is 4.79 Å². The van der Waals surface area contributed by atoms with Crippen molar-refractivity contribution in [2.45, 2.75) is 13.0 Å². The van der Waals surface area contributed by atoms with Crippen LogP contribution in [0, 0.1) is 17.5 Å². The molecule has 0 aliphatic heterocycles. The molecular formula is C17H17F3N2O2. The van der Waals surface area contributed by atoms with Crippen molar-refractivity contribution >= 4 is 11.6 Å². The highest BCUT2D eigenvalue weighted by atomic mass is 19.2. The average molecular weight is 338 g/mol. The van der Waals surface area contributed by atoms with Gasteiger partial charge in [0.05, 0.1) is 6.61 Å². The van der Waals surface area contributed by atoms with Crippen molar-refractivity contribution in [3.8, 4) is 0 Å². The van der Waals surface area contributed by atoms with E-state index in [0.717, 1.165) is 12.1 Å². The Morgan fingerprint density at radius 1 is 1.17 bits per heavy atom. The first-order chi connectivity index (χ1) is 11.4. The summed E-state index contributed by atoms with van der Waals surface area (Å²) in [6.07, 6.45) is 0. The van der Waals surface area contributed by atoms with Crippen LogP contribution in [-0.2, 0) is 0 Å². The number of aliphatic hydroxyl groups is 1. The van der Waals surface area contributed by atoms with Crippen LogP contribution in [0.4, 0.5) is 18.9 Å². The van der Waals surface area contributed by atoms with Gasteiger partial charge in [-0.2, -0.15) is 0 Å². The Kier molecular flexibility index (Phi) is 5.81. The summed E-state index contributed by atoms with van der Waals surface area (Å²) in [4.78, 5) is 11.8. The number of aliphatic hydroxyl groups excluding tert-OH is 1. The summed E-state index contributed by atoms with van der Waals surface area (Å²) >= 11 is 0. The van der Waals surface area contributed by atoms with Gasteiger partial charge in [-0.1, -0.05) is 6.07 Å². The fourth-order valence-corrected chi connectivity index (χ4v) is 2.18. The fraction of sp³-hybridized carbons (Fsp3) is 0.235. The van der Waals surface area contributed by atoms with Crippen LogP contribution in [0.5, 0.6) is 0 Å². The van der Waals surface area contributed by atoms with Crippen molar-refractivity contribution in [3.05, 3.63) is 65.0 Å². The van der Waals surface area contributed by atoms with Crippen molar-refractivity contribution in [3.63, 3.8) is 0 Å². The Balaban J connectivity index is 2.14. The number of benzene rings is 2. The van der Waals surface area contributed by atoms with Crippen molar-refractivity contribution in [2.75, 3.05) is 18.5 Å². The summed E-state index contributed by atoms with van der Waals surface area (Å²) in [7, 11) is 0. The standard InChI is InChI=1S/C17H17F3N2O2/c1-10(12-8-14(18)16(20)15(19)9-12)22-13-4-2-3-11(7-13)17(24)21-5-6-23/h2-4,7-10,22-23H,5-6H2,1H3,(H,21,24). The number of carbonyl (C=O) groups is 1. The summed E-state index contributed by atoms with van der Waals surface area (Å²) < 4.78 is 39.6. The van der Waals surface area contributed by atoms with E-state index in [0.29, 0.717) is 11.3 Å². The topological polar surface area (TPSA) is 61.4 Å². The molecule has 2 aromatic rings. The first kappa shape index (κ1) is 17.8. The number of hydrogen-bond acceptors (Lipinski definition) is 3. The minimum Gasteiger partial charge on any atom is -0.395 e. The zero-order chi connectivity index (χ0) is 17.7. The third-order valence-electron chi connectivity index (χ3n) is 3.41. The highest BCUT2D eigenvalue weighted by Gasteiger charge is 2.15. The monoisotopic (exact) mass is 338 g/mol. The molecule has 2 rings (SSSR count). The lowest BCUT2D eigenvalue weighted by Crippen LogP contribution is -2.26. The predicted octanol–water partition coefficient (Wildman–Crippen LogP) is 3.00. The van der Waals surface area contributed by atoms with Gasteiger partial charge >= 0.3 is 0 Å². The van der Waals surface area contributed by atoms with Gasteiger partial charge in [0, 0.05) is 23.8 Å². The number of anilines is 1. The predicted molar refractivity (Wildman–Crippen MR) is 84.2 cm³/mol. The largest absolute Gasteiger partial charge is 0.395 e. The molecule has 1 unspecified atom stereocenters. The van der Waals surface area contributed by atoms with Gasteiger partial charge in [0.25, 0.3) is 5.91 Å². The molecule has 0 saturated carbocycles. The van der Waals surface area contributed by atoms with E-state index in [2.05, 4.69) is 10.6 Å². The Hall–Kier alpha value is -2.54. The number of amides is 1. The van der Waals surface area contributed by atoms with E-state index < -0.39 is 23.5 Å². The number of halogens is 3. The molecule has 3 N–H and O–H groups in total. The lowest BCUT2D eigenvalue weighted by Gasteiger charge is -2.17. The maximum absolute atomic E-state index is 13.3. The van der Waals surface area contributed by atoms with Crippen molar-refractivity contribution < 1.29 is 23.1 Å². The van der Waals surface area contributed by atoms with Crippen molar-refractivity contribution in [1.29, 1.82) is 0 Å². The molecular weight excluding hydrogens is 321 g/mol. The van der Waals surface area contributed by atoms with Gasteiger partial charge in [0.15, 0.2) is 17.5 Å². The molecule has 2 aromatic carbocycles. The third kappa shape index (κ3) is 4.26. The quantitative estimate of drug-likeness (QED) is 0.710. The molecule has 0 bridgehead atoms. The molecule has 0 aliphatic rings. The Morgan fingerprint density at radius 3 is 2.46 bits per heavy atom. The zero-order valence-electron chi connectivity index (χ0n) is 12.9. The molecule has 0 saturated heterocycles. The maximum atomic E-state index is 13.3. The molecule has 1 amide bonds. The number of nitrogens with one attached hydrogen (secondary N) is 2. The van der Waals surface area contributed by atoms with Gasteiger partial charge in [-0.15, -0.1) is 0 Å². The number of hydrogen-bond donors (Lipinski definition) is 3. The molecule has 0 heterocycles. The third-order valence-corrected chi connectivity index (χ3v) is 3.41. The lowest BCUT2D eigenvalue weighted by molar-refractivity contribution is 0.0945. The summed E-state index contributed by atoms with van der Waals surface area (Å²) in [5, 5.41) is 14.2. The van der Waals surface area contributed by atoms with Crippen LogP contribution in [0.15, 0.2) is 36.4 Å². The SMILES string of the molecule is CC(Nc1cccc(C(=O)NCCO)c1)c1cc(F)c(F)c(F)c1. The molecule has 0 aliphatic carbocycles. The van der Waals surface area contributed by atoms with E-state index in [-0.39, 0.29) is 24.6 Å². The zero-order valence-corrected chi connectivity index (χ0v) is 12.9. The number of carbonyl (C=O) groups excluding carboxylic acids is 1. The Bertz CT molecular complexity index is 715. The first-order valence-electron chi connectivity index (χ1n) is 7.32. The van der Waals surface area contributed by atoms with E-state index in [1.165, 1.54) is 0 Å². The van der Waals surface area contributed by atoms with Crippen LogP contribution in [0.25, 0.3) is 0 Å². The van der Waals surface area contributed by atoms with Crippen molar-refractivity contribution in [1.82, 2.24) is 5.32 Å².